The number of hydrogen-bond acceptors (Lipinski definition) is 12. The van der Waals surface area contributed by atoms with Crippen LogP contribution in [0.1, 0.15) is 86.5 Å². The molecular formula is C67H92O12. The van der Waals surface area contributed by atoms with Crippen LogP contribution in [-0.2, 0) is 0 Å². The first-order chi connectivity index (χ1) is 38.7. The molecule has 0 aliphatic carbocycles. The maximum absolute atomic E-state index is 5.65. The Morgan fingerprint density at radius 1 is 0.278 bits per heavy atom. The van der Waals surface area contributed by atoms with Crippen molar-refractivity contribution < 1.29 is 56.8 Å². The topological polar surface area (TPSA) is 111 Å². The molecule has 0 aromatic heterocycles. The second-order valence-corrected chi connectivity index (χ2v) is 16.6. The highest BCUT2D eigenvalue weighted by Crippen LogP contribution is 2.28. The zero-order valence-corrected chi connectivity index (χ0v) is 48.9. The molecule has 6 aromatic carbocycles. The van der Waals surface area contributed by atoms with Crippen LogP contribution in [0.2, 0.25) is 0 Å². The van der Waals surface area contributed by atoms with Gasteiger partial charge in [0.05, 0.1) is 61.0 Å². The van der Waals surface area contributed by atoms with Gasteiger partial charge in [0.1, 0.15) is 65.8 Å². The van der Waals surface area contributed by atoms with Crippen molar-refractivity contribution in [1.82, 2.24) is 0 Å². The number of ether oxygens (including phenoxy) is 12. The zero-order valence-electron chi connectivity index (χ0n) is 48.9. The fourth-order valence-electron chi connectivity index (χ4n) is 5.92. The smallest absolute Gasteiger partial charge is 0.161 e. The molecule has 0 amide bonds. The molecule has 0 radical (unpaired) electrons. The van der Waals surface area contributed by atoms with Crippen LogP contribution in [0.4, 0.5) is 0 Å². The van der Waals surface area contributed by atoms with E-state index in [9.17, 15) is 0 Å². The predicted molar refractivity (Wildman–Crippen MR) is 325 cm³/mol. The molecule has 12 nitrogen and oxygen atoms in total. The highest BCUT2D eigenvalue weighted by atomic mass is 16.5. The molecule has 0 N–H and O–H groups in total. The third-order valence-corrected chi connectivity index (χ3v) is 9.87. The second kappa shape index (κ2) is 48.5. The third-order valence-electron chi connectivity index (χ3n) is 9.87. The summed E-state index contributed by atoms with van der Waals surface area (Å²) < 4.78 is 64.2. The van der Waals surface area contributed by atoms with Crippen molar-refractivity contribution in [2.24, 2.45) is 0 Å². The van der Waals surface area contributed by atoms with E-state index >= 15 is 0 Å². The monoisotopic (exact) mass is 1090 g/mol. The summed E-state index contributed by atoms with van der Waals surface area (Å²) in [6.45, 7) is 29.4. The minimum atomic E-state index is 0.506. The Kier molecular flexibility index (Phi) is 42.5. The van der Waals surface area contributed by atoms with E-state index < -0.39 is 0 Å². The number of rotatable bonds is 31. The van der Waals surface area contributed by atoms with Crippen molar-refractivity contribution in [3.63, 3.8) is 0 Å². The predicted octanol–water partition coefficient (Wildman–Crippen LogP) is 17.0. The van der Waals surface area contributed by atoms with Crippen LogP contribution in [0.5, 0.6) is 69.0 Å². The van der Waals surface area contributed by atoms with Crippen LogP contribution in [-0.4, -0.2) is 80.8 Å². The van der Waals surface area contributed by atoms with Crippen molar-refractivity contribution in [1.29, 1.82) is 0 Å². The Hall–Kier alpha value is -7.86. The first-order valence-electron chi connectivity index (χ1n) is 27.4. The lowest BCUT2D eigenvalue weighted by Gasteiger charge is -2.11. The highest BCUT2D eigenvalue weighted by molar-refractivity contribution is 5.40. The Morgan fingerprint density at radius 3 is 0.899 bits per heavy atom. The highest BCUT2D eigenvalue weighted by Gasteiger charge is 2.04. The molecule has 6 aromatic rings. The average Bonchev–Trinajstić information content (AvgIpc) is 3.50. The molecule has 0 unspecified atom stereocenters. The van der Waals surface area contributed by atoms with E-state index in [0.717, 1.165) is 147 Å². The lowest BCUT2D eigenvalue weighted by molar-refractivity contribution is 0.265. The second-order valence-electron chi connectivity index (χ2n) is 16.6. The van der Waals surface area contributed by atoms with Gasteiger partial charge < -0.3 is 56.8 Å². The summed E-state index contributed by atoms with van der Waals surface area (Å²) in [6, 6.07) is 45.8. The first kappa shape index (κ1) is 69.2. The lowest BCUT2D eigenvalue weighted by atomic mass is 10.3. The minimum Gasteiger partial charge on any atom is -0.497 e. The SMILES string of the molecule is C=CCOc1ccc(OCCC)cc1.C=CCOc1cccc(OCCC)c1.C=CCOc1ccccc1OCCC.CCCCOc1ccccc1OCCC.CCCOc1ccc(OC)cc1.COc1ccc(OC)cc1. The number of para-hydroxylation sites is 4. The molecule has 0 aliphatic heterocycles. The van der Waals surface area contributed by atoms with Gasteiger partial charge in [0.25, 0.3) is 0 Å². The van der Waals surface area contributed by atoms with Crippen molar-refractivity contribution in [3.8, 4) is 69.0 Å². The van der Waals surface area contributed by atoms with Crippen LogP contribution in [0.3, 0.4) is 0 Å². The molecule has 432 valence electrons. The molecular weight excluding hydrogens is 997 g/mol. The van der Waals surface area contributed by atoms with Crippen LogP contribution in [0.25, 0.3) is 0 Å². The fraction of sp³-hybridized carbons (Fsp3) is 0.373. The van der Waals surface area contributed by atoms with E-state index in [1.807, 2.05) is 146 Å². The largest absolute Gasteiger partial charge is 0.497 e. The number of benzene rings is 6. The van der Waals surface area contributed by atoms with Gasteiger partial charge in [0.15, 0.2) is 23.0 Å². The standard InChI is InChI=1S/C13H20O2.3C12H16O2.C10H14O2.C8H10O2/c1-3-5-11-15-13-9-7-6-8-12(13)14-10-4-2;1-3-9-13-11-5-7-12(8-6-11)14-10-4-2;1-3-9-13-11-7-5-6-8-12(11)14-10-4-2;1-3-8-13-11-6-5-7-12(10-11)14-9-4-2;1-3-8-12-10-6-4-9(11-2)5-7-10;1-9-7-3-5-8(10-2)6-4-7/h6-9H,3-5,10-11H2,1-2H3;2*3,5-8H,1,4,9-10H2,2H3;3,5-7,10H,1,4,8-9H2,2H3;4-7H,3,8H2,1-2H3;3-6H,1-2H3. The number of hydrogen-bond donors (Lipinski definition) is 0. The van der Waals surface area contributed by atoms with Crippen LogP contribution < -0.4 is 56.8 Å². The molecule has 0 atom stereocenters. The van der Waals surface area contributed by atoms with Gasteiger partial charge in [-0.25, -0.2) is 0 Å². The molecule has 6 rings (SSSR count). The molecule has 12 heteroatoms. The van der Waals surface area contributed by atoms with Gasteiger partial charge in [0, 0.05) is 6.07 Å². The maximum atomic E-state index is 5.65. The Balaban J connectivity index is 0.000000476. The number of unbranched alkanes of at least 4 members (excludes halogenated alkanes) is 1. The minimum absolute atomic E-state index is 0.506. The summed E-state index contributed by atoms with van der Waals surface area (Å²) in [5.41, 5.74) is 0. The zero-order chi connectivity index (χ0) is 57.8. The molecule has 0 fully saturated rings. The Labute approximate surface area is 474 Å². The van der Waals surface area contributed by atoms with Crippen molar-refractivity contribution in [3.05, 3.63) is 184 Å². The van der Waals surface area contributed by atoms with Crippen molar-refractivity contribution in [2.75, 3.05) is 80.8 Å². The van der Waals surface area contributed by atoms with Gasteiger partial charge in [0.2, 0.25) is 0 Å². The molecule has 0 aliphatic rings. The molecule has 0 bridgehead atoms. The van der Waals surface area contributed by atoms with E-state index in [4.69, 9.17) is 56.8 Å². The van der Waals surface area contributed by atoms with E-state index in [1.165, 1.54) is 0 Å². The summed E-state index contributed by atoms with van der Waals surface area (Å²) in [6.07, 6.45) is 12.5. The first-order valence-corrected chi connectivity index (χ1v) is 27.4. The van der Waals surface area contributed by atoms with Crippen LogP contribution in [0, 0.1) is 0 Å². The van der Waals surface area contributed by atoms with Gasteiger partial charge in [-0.15, -0.1) is 0 Å². The summed E-state index contributed by atoms with van der Waals surface area (Å²) >= 11 is 0. The summed E-state index contributed by atoms with van der Waals surface area (Å²) in [4.78, 5) is 0. The van der Waals surface area contributed by atoms with Gasteiger partial charge in [-0.1, -0.05) is 116 Å². The maximum Gasteiger partial charge on any atom is 0.161 e. The Bertz CT molecular complexity index is 2350. The summed E-state index contributed by atoms with van der Waals surface area (Å²) in [7, 11) is 4.94. The Morgan fingerprint density at radius 2 is 0.557 bits per heavy atom. The lowest BCUT2D eigenvalue weighted by Crippen LogP contribution is -2.01. The van der Waals surface area contributed by atoms with E-state index in [2.05, 4.69) is 61.3 Å². The van der Waals surface area contributed by atoms with Gasteiger partial charge in [-0.2, -0.15) is 0 Å². The summed E-state index contributed by atoms with van der Waals surface area (Å²) in [5, 5.41) is 0. The van der Waals surface area contributed by atoms with Crippen LogP contribution >= 0.6 is 0 Å². The molecule has 79 heavy (non-hydrogen) atoms. The van der Waals surface area contributed by atoms with Gasteiger partial charge in [-0.3, -0.25) is 0 Å². The van der Waals surface area contributed by atoms with Gasteiger partial charge >= 0.3 is 0 Å². The third kappa shape index (κ3) is 34.5. The number of methoxy groups -OCH3 is 3. The molecule has 0 heterocycles. The normalized spacial score (nSPS) is 9.53. The quantitative estimate of drug-likeness (QED) is 0.0305. The van der Waals surface area contributed by atoms with Gasteiger partial charge in [-0.05, 0) is 148 Å². The van der Waals surface area contributed by atoms with E-state index in [1.54, 1.807) is 39.6 Å². The molecule has 0 saturated carbocycles. The van der Waals surface area contributed by atoms with Crippen LogP contribution in [0.15, 0.2) is 184 Å². The fourth-order valence-corrected chi connectivity index (χ4v) is 5.92. The average molecular weight is 1090 g/mol. The van der Waals surface area contributed by atoms with E-state index in [-0.39, 0.29) is 0 Å². The van der Waals surface area contributed by atoms with Crippen molar-refractivity contribution >= 4 is 0 Å². The summed E-state index contributed by atoms with van der Waals surface area (Å²) in [5.74, 6) is 10.2. The molecule has 0 saturated heterocycles. The molecule has 0 spiro atoms. The van der Waals surface area contributed by atoms with Crippen molar-refractivity contribution in [2.45, 2.75) is 86.5 Å². The van der Waals surface area contributed by atoms with E-state index in [0.29, 0.717) is 26.4 Å².